The lowest BCUT2D eigenvalue weighted by Gasteiger charge is -2.14. The van der Waals surface area contributed by atoms with E-state index in [9.17, 15) is 4.79 Å². The lowest BCUT2D eigenvalue weighted by Crippen LogP contribution is -2.07. The van der Waals surface area contributed by atoms with E-state index in [1.54, 1.807) is 26.2 Å². The molecule has 0 saturated carbocycles. The van der Waals surface area contributed by atoms with E-state index in [4.69, 9.17) is 14.2 Å². The molecule has 0 radical (unpaired) electrons. The molecule has 0 fully saturated rings. The molecule has 0 unspecified atom stereocenters. The molecule has 0 aliphatic rings. The van der Waals surface area contributed by atoms with Crippen LogP contribution in [0.2, 0.25) is 0 Å². The minimum Gasteiger partial charge on any atom is -0.493 e. The first kappa shape index (κ1) is 18.8. The highest BCUT2D eigenvalue weighted by Gasteiger charge is 2.12. The quantitative estimate of drug-likeness (QED) is 0.420. The molecule has 24 heavy (non-hydrogen) atoms. The standard InChI is InChI=1S/C18H18Br2O4/c1-3-23-18(21)9-12-4-6-16(22-2)17(8-12)24-15-7-5-14(20)10-13(15)11-19/h4-8,10H,3,9,11H2,1-2H3. The molecule has 0 aliphatic carbocycles. The van der Waals surface area contributed by atoms with Gasteiger partial charge in [0.1, 0.15) is 5.75 Å². The molecule has 0 saturated heterocycles. The van der Waals surface area contributed by atoms with Gasteiger partial charge in [-0.05, 0) is 42.8 Å². The van der Waals surface area contributed by atoms with E-state index < -0.39 is 0 Å². The number of carbonyl (C=O) groups excluding carboxylic acids is 1. The summed E-state index contributed by atoms with van der Waals surface area (Å²) in [4.78, 5) is 11.7. The number of ether oxygens (including phenoxy) is 3. The van der Waals surface area contributed by atoms with E-state index in [0.29, 0.717) is 23.4 Å². The Kier molecular flexibility index (Phi) is 7.12. The number of hydrogen-bond donors (Lipinski definition) is 0. The van der Waals surface area contributed by atoms with Crippen LogP contribution in [0.1, 0.15) is 18.1 Å². The number of carbonyl (C=O) groups is 1. The van der Waals surface area contributed by atoms with Crippen LogP contribution in [-0.2, 0) is 21.3 Å². The highest BCUT2D eigenvalue weighted by Crippen LogP contribution is 2.35. The zero-order valence-electron chi connectivity index (χ0n) is 13.5. The average molecular weight is 458 g/mol. The van der Waals surface area contributed by atoms with Gasteiger partial charge in [0.2, 0.25) is 0 Å². The maximum absolute atomic E-state index is 11.7. The molecule has 0 heterocycles. The van der Waals surface area contributed by atoms with E-state index >= 15 is 0 Å². The van der Waals surface area contributed by atoms with Crippen LogP contribution < -0.4 is 9.47 Å². The first-order chi connectivity index (χ1) is 11.6. The van der Waals surface area contributed by atoms with Gasteiger partial charge in [-0.25, -0.2) is 0 Å². The lowest BCUT2D eigenvalue weighted by molar-refractivity contribution is -0.142. The molecule has 0 amide bonds. The number of hydrogen-bond acceptors (Lipinski definition) is 4. The Morgan fingerprint density at radius 1 is 1.08 bits per heavy atom. The van der Waals surface area contributed by atoms with Gasteiger partial charge in [-0.1, -0.05) is 37.9 Å². The highest BCUT2D eigenvalue weighted by molar-refractivity contribution is 9.10. The SMILES string of the molecule is CCOC(=O)Cc1ccc(OC)c(Oc2ccc(Br)cc2CBr)c1. The topological polar surface area (TPSA) is 44.8 Å². The van der Waals surface area contributed by atoms with Crippen molar-refractivity contribution in [1.82, 2.24) is 0 Å². The number of rotatable bonds is 7. The van der Waals surface area contributed by atoms with E-state index in [1.165, 1.54) is 0 Å². The van der Waals surface area contributed by atoms with Crippen molar-refractivity contribution in [2.75, 3.05) is 13.7 Å². The van der Waals surface area contributed by atoms with Crippen molar-refractivity contribution in [2.24, 2.45) is 0 Å². The molecule has 0 N–H and O–H groups in total. The van der Waals surface area contributed by atoms with Crippen LogP contribution in [0.25, 0.3) is 0 Å². The molecular weight excluding hydrogens is 440 g/mol. The molecule has 6 heteroatoms. The van der Waals surface area contributed by atoms with Gasteiger partial charge in [-0.2, -0.15) is 0 Å². The third-order valence-electron chi connectivity index (χ3n) is 3.27. The fraction of sp³-hybridized carbons (Fsp3) is 0.278. The second-order valence-electron chi connectivity index (χ2n) is 4.95. The van der Waals surface area contributed by atoms with Gasteiger partial charge < -0.3 is 14.2 Å². The fourth-order valence-corrected chi connectivity index (χ4v) is 3.01. The smallest absolute Gasteiger partial charge is 0.310 e. The van der Waals surface area contributed by atoms with Crippen LogP contribution in [-0.4, -0.2) is 19.7 Å². The van der Waals surface area contributed by atoms with Gasteiger partial charge in [0.25, 0.3) is 0 Å². The van der Waals surface area contributed by atoms with Gasteiger partial charge in [0.15, 0.2) is 11.5 Å². The van der Waals surface area contributed by atoms with E-state index in [0.717, 1.165) is 21.3 Å². The largest absolute Gasteiger partial charge is 0.493 e. The summed E-state index contributed by atoms with van der Waals surface area (Å²) in [6.45, 7) is 2.15. The number of esters is 1. The summed E-state index contributed by atoms with van der Waals surface area (Å²) >= 11 is 6.91. The maximum atomic E-state index is 11.7. The summed E-state index contributed by atoms with van der Waals surface area (Å²) in [5, 5.41) is 0.659. The van der Waals surface area contributed by atoms with Crippen LogP contribution in [0.4, 0.5) is 0 Å². The normalized spacial score (nSPS) is 10.3. The number of halogens is 2. The predicted octanol–water partition coefficient (Wildman–Crippen LogP) is 5.25. The lowest BCUT2D eigenvalue weighted by atomic mass is 10.1. The van der Waals surface area contributed by atoms with Crippen molar-refractivity contribution >= 4 is 37.8 Å². The van der Waals surface area contributed by atoms with E-state index in [-0.39, 0.29) is 12.4 Å². The van der Waals surface area contributed by atoms with Crippen LogP contribution in [0.15, 0.2) is 40.9 Å². The predicted molar refractivity (Wildman–Crippen MR) is 100 cm³/mol. The summed E-state index contributed by atoms with van der Waals surface area (Å²) in [6, 6.07) is 11.2. The number of benzene rings is 2. The molecule has 0 bridgehead atoms. The summed E-state index contributed by atoms with van der Waals surface area (Å²) < 4.78 is 17.4. The summed E-state index contributed by atoms with van der Waals surface area (Å²) in [5.41, 5.74) is 1.81. The van der Waals surface area contributed by atoms with Crippen molar-refractivity contribution in [1.29, 1.82) is 0 Å². The molecule has 0 spiro atoms. The first-order valence-corrected chi connectivity index (χ1v) is 9.33. The summed E-state index contributed by atoms with van der Waals surface area (Å²) in [5.74, 6) is 1.62. The van der Waals surface area contributed by atoms with Crippen molar-refractivity contribution in [3.05, 3.63) is 52.0 Å². The summed E-state index contributed by atoms with van der Waals surface area (Å²) in [6.07, 6.45) is 0.194. The van der Waals surface area contributed by atoms with Crippen LogP contribution in [0, 0.1) is 0 Å². The van der Waals surface area contributed by atoms with Crippen LogP contribution in [0.3, 0.4) is 0 Å². The zero-order valence-corrected chi connectivity index (χ0v) is 16.6. The summed E-state index contributed by atoms with van der Waals surface area (Å²) in [7, 11) is 1.58. The Labute approximate surface area is 158 Å². The Morgan fingerprint density at radius 3 is 2.50 bits per heavy atom. The molecule has 0 aliphatic heterocycles. The Bertz CT molecular complexity index is 716. The Balaban J connectivity index is 2.29. The van der Waals surface area contributed by atoms with Crippen molar-refractivity contribution in [3.63, 3.8) is 0 Å². The molecule has 0 aromatic heterocycles. The molecule has 4 nitrogen and oxygen atoms in total. The highest BCUT2D eigenvalue weighted by atomic mass is 79.9. The van der Waals surface area contributed by atoms with Crippen molar-refractivity contribution in [3.8, 4) is 17.2 Å². The second kappa shape index (κ2) is 9.08. The number of methoxy groups -OCH3 is 1. The van der Waals surface area contributed by atoms with Crippen LogP contribution in [0.5, 0.6) is 17.2 Å². The molecular formula is C18H18Br2O4. The monoisotopic (exact) mass is 456 g/mol. The van der Waals surface area contributed by atoms with Crippen LogP contribution >= 0.6 is 31.9 Å². The second-order valence-corrected chi connectivity index (χ2v) is 6.43. The van der Waals surface area contributed by atoms with Gasteiger partial charge in [0.05, 0.1) is 20.1 Å². The van der Waals surface area contributed by atoms with Crippen molar-refractivity contribution in [2.45, 2.75) is 18.7 Å². The molecule has 2 rings (SSSR count). The maximum Gasteiger partial charge on any atom is 0.310 e. The zero-order chi connectivity index (χ0) is 17.5. The third kappa shape index (κ3) is 4.98. The Hall–Kier alpha value is -1.53. The minimum atomic E-state index is -0.265. The Morgan fingerprint density at radius 2 is 1.83 bits per heavy atom. The minimum absolute atomic E-state index is 0.194. The first-order valence-electron chi connectivity index (χ1n) is 7.42. The molecule has 2 aromatic rings. The van der Waals surface area contributed by atoms with Gasteiger partial charge >= 0.3 is 5.97 Å². The fourth-order valence-electron chi connectivity index (χ4n) is 2.16. The average Bonchev–Trinajstić information content (AvgIpc) is 2.57. The van der Waals surface area contributed by atoms with Gasteiger partial charge in [-0.15, -0.1) is 0 Å². The van der Waals surface area contributed by atoms with Crippen molar-refractivity contribution < 1.29 is 19.0 Å². The third-order valence-corrected chi connectivity index (χ3v) is 4.37. The van der Waals surface area contributed by atoms with Gasteiger partial charge in [-0.3, -0.25) is 4.79 Å². The van der Waals surface area contributed by atoms with E-state index in [2.05, 4.69) is 31.9 Å². The molecule has 2 aromatic carbocycles. The molecule has 0 atom stereocenters. The van der Waals surface area contributed by atoms with Gasteiger partial charge in [0, 0.05) is 15.4 Å². The number of alkyl halides is 1. The van der Waals surface area contributed by atoms with E-state index in [1.807, 2.05) is 24.3 Å². The molecule has 128 valence electrons.